The molecule has 90 valence electrons. The number of aryl methyl sites for hydroxylation is 1. The standard InChI is InChI=1S/C13H12N4S/c1-17-7-6-15-13(17)18-12-5-2-9-8-10(14)3-4-11(9)16-12/h2-8H,14H2,1H3. The van der Waals surface area contributed by atoms with Gasteiger partial charge in [-0.15, -0.1) is 0 Å². The summed E-state index contributed by atoms with van der Waals surface area (Å²) in [4.78, 5) is 8.86. The van der Waals surface area contributed by atoms with E-state index in [9.17, 15) is 0 Å². The van der Waals surface area contributed by atoms with Gasteiger partial charge < -0.3 is 10.3 Å². The Kier molecular flexibility index (Phi) is 2.68. The molecule has 5 heteroatoms. The van der Waals surface area contributed by atoms with Crippen molar-refractivity contribution in [2.75, 3.05) is 5.73 Å². The number of imidazole rings is 1. The highest BCUT2D eigenvalue weighted by Crippen LogP contribution is 2.26. The molecule has 0 spiro atoms. The molecule has 0 aliphatic heterocycles. The fourth-order valence-corrected chi connectivity index (χ4v) is 2.51. The van der Waals surface area contributed by atoms with E-state index in [2.05, 4.69) is 9.97 Å². The van der Waals surface area contributed by atoms with E-state index in [-0.39, 0.29) is 0 Å². The van der Waals surface area contributed by atoms with Crippen LogP contribution in [0.5, 0.6) is 0 Å². The van der Waals surface area contributed by atoms with E-state index < -0.39 is 0 Å². The molecule has 0 aliphatic carbocycles. The fraction of sp³-hybridized carbons (Fsp3) is 0.0769. The lowest BCUT2D eigenvalue weighted by Crippen LogP contribution is -1.90. The molecule has 18 heavy (non-hydrogen) atoms. The van der Waals surface area contributed by atoms with Crippen molar-refractivity contribution < 1.29 is 0 Å². The van der Waals surface area contributed by atoms with Crippen molar-refractivity contribution in [3.05, 3.63) is 42.7 Å². The zero-order chi connectivity index (χ0) is 12.5. The zero-order valence-electron chi connectivity index (χ0n) is 9.87. The Labute approximate surface area is 109 Å². The van der Waals surface area contributed by atoms with Gasteiger partial charge in [-0.2, -0.15) is 0 Å². The lowest BCUT2D eigenvalue weighted by molar-refractivity contribution is 0.789. The van der Waals surface area contributed by atoms with Gasteiger partial charge in [0.05, 0.1) is 5.52 Å². The molecular weight excluding hydrogens is 244 g/mol. The molecule has 1 aromatic carbocycles. The fourth-order valence-electron chi connectivity index (χ4n) is 1.73. The SMILES string of the molecule is Cn1ccnc1Sc1ccc2cc(N)ccc2n1. The predicted octanol–water partition coefficient (Wildman–Crippen LogP) is 2.70. The van der Waals surface area contributed by atoms with E-state index in [4.69, 9.17) is 5.73 Å². The predicted molar refractivity (Wildman–Crippen MR) is 73.5 cm³/mol. The molecule has 0 fully saturated rings. The van der Waals surface area contributed by atoms with Gasteiger partial charge in [0.15, 0.2) is 5.16 Å². The van der Waals surface area contributed by atoms with Crippen molar-refractivity contribution in [1.82, 2.24) is 14.5 Å². The van der Waals surface area contributed by atoms with Crippen LogP contribution in [0.15, 0.2) is 52.9 Å². The Morgan fingerprint density at radius 3 is 2.89 bits per heavy atom. The van der Waals surface area contributed by atoms with Crippen LogP contribution in [0.25, 0.3) is 10.9 Å². The van der Waals surface area contributed by atoms with Crippen LogP contribution < -0.4 is 5.73 Å². The molecule has 0 saturated heterocycles. The van der Waals surface area contributed by atoms with Crippen LogP contribution in [-0.4, -0.2) is 14.5 Å². The molecule has 0 bridgehead atoms. The molecule has 0 radical (unpaired) electrons. The summed E-state index contributed by atoms with van der Waals surface area (Å²) < 4.78 is 1.97. The van der Waals surface area contributed by atoms with Gasteiger partial charge >= 0.3 is 0 Å². The van der Waals surface area contributed by atoms with E-state index in [0.717, 1.165) is 26.8 Å². The molecule has 4 nitrogen and oxygen atoms in total. The van der Waals surface area contributed by atoms with Gasteiger partial charge in [0.25, 0.3) is 0 Å². The average Bonchev–Trinajstić information content (AvgIpc) is 2.75. The lowest BCUT2D eigenvalue weighted by atomic mass is 10.2. The second-order valence-corrected chi connectivity index (χ2v) is 5.01. The van der Waals surface area contributed by atoms with Crippen LogP contribution in [-0.2, 0) is 7.05 Å². The number of fused-ring (bicyclic) bond motifs is 1. The molecule has 0 amide bonds. The summed E-state index contributed by atoms with van der Waals surface area (Å²) in [6.07, 6.45) is 3.70. The molecule has 2 aromatic heterocycles. The Morgan fingerprint density at radius 1 is 1.22 bits per heavy atom. The highest BCUT2D eigenvalue weighted by Gasteiger charge is 2.04. The zero-order valence-corrected chi connectivity index (χ0v) is 10.7. The summed E-state index contributed by atoms with van der Waals surface area (Å²) in [5.74, 6) is 0. The minimum absolute atomic E-state index is 0.758. The molecular formula is C13H12N4S. The van der Waals surface area contributed by atoms with Crippen molar-refractivity contribution in [2.24, 2.45) is 7.05 Å². The van der Waals surface area contributed by atoms with E-state index in [1.807, 2.05) is 48.1 Å². The third-order valence-electron chi connectivity index (χ3n) is 2.66. The van der Waals surface area contributed by atoms with Gasteiger partial charge in [0.1, 0.15) is 5.03 Å². The van der Waals surface area contributed by atoms with Gasteiger partial charge in [-0.1, -0.05) is 6.07 Å². The van der Waals surface area contributed by atoms with Crippen LogP contribution in [0.1, 0.15) is 0 Å². The number of hydrogen-bond acceptors (Lipinski definition) is 4. The topological polar surface area (TPSA) is 56.7 Å². The third kappa shape index (κ3) is 2.04. The maximum atomic E-state index is 5.75. The van der Waals surface area contributed by atoms with Crippen molar-refractivity contribution in [1.29, 1.82) is 0 Å². The van der Waals surface area contributed by atoms with Crippen molar-refractivity contribution in [3.8, 4) is 0 Å². The highest BCUT2D eigenvalue weighted by atomic mass is 32.2. The van der Waals surface area contributed by atoms with Crippen molar-refractivity contribution >= 4 is 28.4 Å². The minimum Gasteiger partial charge on any atom is -0.399 e. The number of aromatic nitrogens is 3. The first-order chi connectivity index (χ1) is 8.72. The number of pyridine rings is 1. The molecule has 2 N–H and O–H groups in total. The molecule has 0 unspecified atom stereocenters. The van der Waals surface area contributed by atoms with E-state index in [1.165, 1.54) is 0 Å². The van der Waals surface area contributed by atoms with Crippen LogP contribution >= 0.6 is 11.8 Å². The number of rotatable bonds is 2. The average molecular weight is 256 g/mol. The van der Waals surface area contributed by atoms with Gasteiger partial charge in [-0.05, 0) is 36.0 Å². The Bertz CT molecular complexity index is 705. The summed E-state index contributed by atoms with van der Waals surface area (Å²) in [5, 5.41) is 2.91. The van der Waals surface area contributed by atoms with Crippen LogP contribution in [0, 0.1) is 0 Å². The number of nitrogen functional groups attached to an aromatic ring is 1. The number of hydrogen-bond donors (Lipinski definition) is 1. The van der Waals surface area contributed by atoms with Gasteiger partial charge in [0, 0.05) is 30.5 Å². The first kappa shape index (κ1) is 11.1. The summed E-state index contributed by atoms with van der Waals surface area (Å²) in [6, 6.07) is 9.75. The lowest BCUT2D eigenvalue weighted by Gasteiger charge is -2.03. The number of nitrogens with two attached hydrogens (primary N) is 1. The number of benzene rings is 1. The second kappa shape index (κ2) is 4.34. The van der Waals surface area contributed by atoms with E-state index >= 15 is 0 Å². The van der Waals surface area contributed by atoms with E-state index in [1.54, 1.807) is 18.0 Å². The van der Waals surface area contributed by atoms with Crippen molar-refractivity contribution in [3.63, 3.8) is 0 Å². The first-order valence-electron chi connectivity index (χ1n) is 5.54. The smallest absolute Gasteiger partial charge is 0.174 e. The third-order valence-corrected chi connectivity index (χ3v) is 3.67. The van der Waals surface area contributed by atoms with Crippen LogP contribution in [0.2, 0.25) is 0 Å². The van der Waals surface area contributed by atoms with Crippen molar-refractivity contribution in [2.45, 2.75) is 10.2 Å². The van der Waals surface area contributed by atoms with Crippen LogP contribution in [0.3, 0.4) is 0 Å². The maximum Gasteiger partial charge on any atom is 0.174 e. The number of nitrogens with zero attached hydrogens (tertiary/aromatic N) is 3. The molecule has 3 aromatic rings. The monoisotopic (exact) mass is 256 g/mol. The first-order valence-corrected chi connectivity index (χ1v) is 6.35. The minimum atomic E-state index is 0.758. The molecule has 0 saturated carbocycles. The maximum absolute atomic E-state index is 5.75. The summed E-state index contributed by atoms with van der Waals surface area (Å²) in [7, 11) is 1.97. The van der Waals surface area contributed by atoms with E-state index in [0.29, 0.717) is 0 Å². The Hall–Kier alpha value is -2.01. The molecule has 0 atom stereocenters. The second-order valence-electron chi connectivity index (χ2n) is 4.02. The van der Waals surface area contributed by atoms with Gasteiger partial charge in [-0.3, -0.25) is 0 Å². The quantitative estimate of drug-likeness (QED) is 0.716. The summed E-state index contributed by atoms with van der Waals surface area (Å²) >= 11 is 1.55. The molecule has 3 rings (SSSR count). The number of anilines is 1. The summed E-state index contributed by atoms with van der Waals surface area (Å²) in [5.41, 5.74) is 7.45. The Balaban J connectivity index is 1.99. The Morgan fingerprint density at radius 2 is 2.11 bits per heavy atom. The van der Waals surface area contributed by atoms with Gasteiger partial charge in [0.2, 0.25) is 0 Å². The molecule has 2 heterocycles. The van der Waals surface area contributed by atoms with Gasteiger partial charge in [-0.25, -0.2) is 9.97 Å². The molecule has 0 aliphatic rings. The normalized spacial score (nSPS) is 10.9. The largest absolute Gasteiger partial charge is 0.399 e. The summed E-state index contributed by atoms with van der Waals surface area (Å²) in [6.45, 7) is 0. The van der Waals surface area contributed by atoms with Crippen LogP contribution in [0.4, 0.5) is 5.69 Å². The highest BCUT2D eigenvalue weighted by molar-refractivity contribution is 7.99.